The number of H-pyrrole nitrogens is 1. The molecule has 0 radical (unpaired) electrons. The highest BCUT2D eigenvalue weighted by Crippen LogP contribution is 2.42. The van der Waals surface area contributed by atoms with E-state index in [9.17, 15) is 19.1 Å². The Hall–Kier alpha value is -4.05. The molecule has 2 N–H and O–H groups in total. The lowest BCUT2D eigenvalue weighted by molar-refractivity contribution is -0.117. The molecule has 1 unspecified atom stereocenters. The molecule has 0 spiro atoms. The van der Waals surface area contributed by atoms with E-state index >= 15 is 0 Å². The fourth-order valence-electron chi connectivity index (χ4n) is 4.27. The second-order valence-corrected chi connectivity index (χ2v) is 9.73. The zero-order valence-electron chi connectivity index (χ0n) is 19.5. The number of aliphatic hydroxyl groups excluding tert-OH is 1. The molecule has 0 bridgehead atoms. The Labute approximate surface area is 204 Å². The molecule has 8 nitrogen and oxygen atoms in total. The van der Waals surface area contributed by atoms with Crippen LogP contribution >= 0.6 is 11.3 Å². The van der Waals surface area contributed by atoms with Crippen molar-refractivity contribution in [1.82, 2.24) is 15.0 Å². The number of aryl methyl sites for hydroxylation is 2. The Bertz CT molecular complexity index is 1520. The van der Waals surface area contributed by atoms with Crippen molar-refractivity contribution in [3.63, 3.8) is 0 Å². The summed E-state index contributed by atoms with van der Waals surface area (Å²) in [6.45, 7) is 3.51. The van der Waals surface area contributed by atoms with Crippen LogP contribution in [0.25, 0.3) is 11.0 Å². The topological polar surface area (TPSA) is 102 Å². The summed E-state index contributed by atoms with van der Waals surface area (Å²) in [5.41, 5.74) is 2.86. The fraction of sp³-hybridized carbons (Fsp3) is 0.200. The van der Waals surface area contributed by atoms with Gasteiger partial charge in [-0.15, -0.1) is 11.3 Å². The number of hydrogen-bond acceptors (Lipinski definition) is 7. The van der Waals surface area contributed by atoms with E-state index in [4.69, 9.17) is 0 Å². The molecule has 1 atom stereocenters. The Morgan fingerprint density at radius 1 is 1.14 bits per heavy atom. The van der Waals surface area contributed by atoms with Gasteiger partial charge in [0.15, 0.2) is 5.76 Å². The van der Waals surface area contributed by atoms with Gasteiger partial charge in [0.05, 0.1) is 38.2 Å². The van der Waals surface area contributed by atoms with Gasteiger partial charge in [-0.1, -0.05) is 12.1 Å². The van der Waals surface area contributed by atoms with Crippen molar-refractivity contribution in [2.75, 3.05) is 23.9 Å². The summed E-state index contributed by atoms with van der Waals surface area (Å²) >= 11 is 1.21. The molecule has 35 heavy (non-hydrogen) atoms. The number of aromatic amines is 1. The average molecular weight is 492 g/mol. The number of nitrogens with one attached hydrogen (secondary N) is 1. The molecule has 10 heteroatoms. The van der Waals surface area contributed by atoms with Crippen LogP contribution in [-0.4, -0.2) is 45.8 Å². The van der Waals surface area contributed by atoms with Gasteiger partial charge < -0.3 is 15.0 Å². The molecule has 0 fully saturated rings. The number of fused-ring (bicyclic) bond motifs is 1. The standard InChI is InChI=1S/C25H22FN5O3S/c1-12-23(35-13(2)27-12)21(32)19-20(14-5-8-16(9-6-14)30(3)4)31(24(34)22(19)33)25-28-17-10-7-15(26)11-18(17)29-25/h5-11,20,33H,1-4H3,(H,28,29). The molecular weight excluding hydrogens is 469 g/mol. The minimum absolute atomic E-state index is 0.0500. The maximum Gasteiger partial charge on any atom is 0.296 e. The molecule has 1 amide bonds. The summed E-state index contributed by atoms with van der Waals surface area (Å²) in [4.78, 5) is 42.3. The van der Waals surface area contributed by atoms with Gasteiger partial charge in [0.2, 0.25) is 11.7 Å². The van der Waals surface area contributed by atoms with Gasteiger partial charge >= 0.3 is 0 Å². The van der Waals surface area contributed by atoms with Crippen molar-refractivity contribution in [3.05, 3.63) is 80.8 Å². The van der Waals surface area contributed by atoms with E-state index in [1.165, 1.54) is 34.4 Å². The first-order chi connectivity index (χ1) is 16.7. The number of Topliss-reactive ketones (excluding diaryl/α,β-unsaturated/α-hetero) is 1. The predicted molar refractivity (Wildman–Crippen MR) is 133 cm³/mol. The highest BCUT2D eigenvalue weighted by molar-refractivity contribution is 7.14. The average Bonchev–Trinajstić information content (AvgIpc) is 3.46. The third-order valence-electron chi connectivity index (χ3n) is 5.95. The lowest BCUT2D eigenvalue weighted by atomic mass is 9.95. The van der Waals surface area contributed by atoms with Crippen LogP contribution in [0.2, 0.25) is 0 Å². The number of carbonyl (C=O) groups excluding carboxylic acids is 2. The highest BCUT2D eigenvalue weighted by atomic mass is 32.1. The number of anilines is 2. The number of aromatic nitrogens is 3. The summed E-state index contributed by atoms with van der Waals surface area (Å²) in [7, 11) is 3.81. The number of hydrogen-bond donors (Lipinski definition) is 2. The second-order valence-electron chi connectivity index (χ2n) is 8.52. The second kappa shape index (κ2) is 8.31. The molecule has 2 aromatic carbocycles. The summed E-state index contributed by atoms with van der Waals surface area (Å²) < 4.78 is 13.8. The van der Waals surface area contributed by atoms with E-state index in [1.807, 2.05) is 31.1 Å². The number of nitrogens with zero attached hydrogens (tertiary/aromatic N) is 4. The first-order valence-electron chi connectivity index (χ1n) is 10.8. The number of amides is 1. The van der Waals surface area contributed by atoms with Gasteiger partial charge in [0.25, 0.3) is 5.91 Å². The largest absolute Gasteiger partial charge is 0.503 e. The first kappa shape index (κ1) is 22.7. The van der Waals surface area contributed by atoms with Crippen LogP contribution in [0, 0.1) is 19.7 Å². The van der Waals surface area contributed by atoms with Crippen molar-refractivity contribution in [1.29, 1.82) is 0 Å². The summed E-state index contributed by atoms with van der Waals surface area (Å²) in [6, 6.07) is 10.4. The van der Waals surface area contributed by atoms with E-state index in [0.717, 1.165) is 5.69 Å². The minimum atomic E-state index is -0.946. The van der Waals surface area contributed by atoms with E-state index in [1.54, 1.807) is 26.0 Å². The van der Waals surface area contributed by atoms with Crippen LogP contribution < -0.4 is 9.80 Å². The molecule has 1 aliphatic heterocycles. The first-order valence-corrected chi connectivity index (χ1v) is 11.7. The van der Waals surface area contributed by atoms with Gasteiger partial charge in [-0.25, -0.2) is 14.4 Å². The number of carbonyl (C=O) groups is 2. The van der Waals surface area contributed by atoms with Crippen LogP contribution in [0.15, 0.2) is 53.8 Å². The molecule has 3 heterocycles. The molecule has 2 aromatic heterocycles. The van der Waals surface area contributed by atoms with Gasteiger partial charge in [0.1, 0.15) is 5.82 Å². The van der Waals surface area contributed by atoms with Gasteiger partial charge in [-0.05, 0) is 49.7 Å². The third-order valence-corrected chi connectivity index (χ3v) is 7.02. The quantitative estimate of drug-likeness (QED) is 0.395. The zero-order valence-corrected chi connectivity index (χ0v) is 20.3. The SMILES string of the molecule is Cc1nc(C)c(C(=O)C2=C(O)C(=O)N(c3nc4ccc(F)cc4[nH]3)C2c2ccc(N(C)C)cc2)s1. The number of rotatable bonds is 5. The van der Waals surface area contributed by atoms with Gasteiger partial charge in [-0.3, -0.25) is 14.5 Å². The van der Waals surface area contributed by atoms with Crippen molar-refractivity contribution < 1.29 is 19.1 Å². The number of imidazole rings is 1. The van der Waals surface area contributed by atoms with Crippen LogP contribution in [-0.2, 0) is 4.79 Å². The number of halogens is 1. The Kier molecular flexibility index (Phi) is 5.40. The van der Waals surface area contributed by atoms with E-state index < -0.39 is 29.3 Å². The van der Waals surface area contributed by atoms with Crippen LogP contribution in [0.1, 0.15) is 32.0 Å². The molecule has 0 saturated heterocycles. The maximum atomic E-state index is 13.8. The van der Waals surface area contributed by atoms with Gasteiger partial charge in [0, 0.05) is 19.8 Å². The molecule has 0 saturated carbocycles. The zero-order chi connectivity index (χ0) is 25.0. The molecule has 0 aliphatic carbocycles. The van der Waals surface area contributed by atoms with E-state index in [2.05, 4.69) is 15.0 Å². The van der Waals surface area contributed by atoms with Crippen LogP contribution in [0.5, 0.6) is 0 Å². The summed E-state index contributed by atoms with van der Waals surface area (Å²) in [6.07, 6.45) is 0. The predicted octanol–water partition coefficient (Wildman–Crippen LogP) is 4.62. The molecule has 4 aromatic rings. The molecule has 5 rings (SSSR count). The lowest BCUT2D eigenvalue weighted by Gasteiger charge is -2.25. The fourth-order valence-corrected chi connectivity index (χ4v) is 5.15. The minimum Gasteiger partial charge on any atom is -0.503 e. The Morgan fingerprint density at radius 3 is 2.49 bits per heavy atom. The smallest absolute Gasteiger partial charge is 0.296 e. The monoisotopic (exact) mass is 491 g/mol. The van der Waals surface area contributed by atoms with Gasteiger partial charge in [-0.2, -0.15) is 0 Å². The summed E-state index contributed by atoms with van der Waals surface area (Å²) in [5.74, 6) is -2.24. The van der Waals surface area contributed by atoms with Crippen LogP contribution in [0.4, 0.5) is 16.0 Å². The highest BCUT2D eigenvalue weighted by Gasteiger charge is 2.46. The van der Waals surface area contributed by atoms with Crippen molar-refractivity contribution >= 4 is 45.7 Å². The van der Waals surface area contributed by atoms with Crippen molar-refractivity contribution in [2.45, 2.75) is 19.9 Å². The number of aliphatic hydroxyl groups is 1. The molecular formula is C25H22FN5O3S. The molecule has 1 aliphatic rings. The normalized spacial score (nSPS) is 16.0. The Morgan fingerprint density at radius 2 is 1.86 bits per heavy atom. The number of thiazole rings is 1. The summed E-state index contributed by atoms with van der Waals surface area (Å²) in [5, 5.41) is 11.7. The Balaban J connectivity index is 1.68. The maximum absolute atomic E-state index is 13.8. The van der Waals surface area contributed by atoms with E-state index in [0.29, 0.717) is 32.2 Å². The van der Waals surface area contributed by atoms with Crippen molar-refractivity contribution in [2.24, 2.45) is 0 Å². The van der Waals surface area contributed by atoms with E-state index in [-0.39, 0.29) is 11.5 Å². The van der Waals surface area contributed by atoms with Crippen LogP contribution in [0.3, 0.4) is 0 Å². The lowest BCUT2D eigenvalue weighted by Crippen LogP contribution is -2.32. The number of ketones is 1. The number of benzene rings is 2. The third kappa shape index (κ3) is 3.75. The van der Waals surface area contributed by atoms with Crippen molar-refractivity contribution in [3.8, 4) is 0 Å². The molecule has 178 valence electrons.